The number of ether oxygens (including phenoxy) is 2. The summed E-state index contributed by atoms with van der Waals surface area (Å²) in [7, 11) is 0. The van der Waals surface area contributed by atoms with Crippen molar-refractivity contribution in [3.8, 4) is 0 Å². The molecule has 18 heavy (non-hydrogen) atoms. The first-order valence-electron chi connectivity index (χ1n) is 6.07. The number of hydrogen-bond acceptors (Lipinski definition) is 4. The zero-order chi connectivity index (χ0) is 13.5. The highest BCUT2D eigenvalue weighted by Gasteiger charge is 2.19. The van der Waals surface area contributed by atoms with Gasteiger partial charge in [0.15, 0.2) is 0 Å². The molecule has 0 radical (unpaired) electrons. The number of carbonyl (C=O) groups is 2. The minimum Gasteiger partial charge on any atom is -0.462 e. The Bertz CT molecular complexity index is 426. The third kappa shape index (κ3) is 3.58. The second-order valence-corrected chi connectivity index (χ2v) is 3.89. The summed E-state index contributed by atoms with van der Waals surface area (Å²) >= 11 is 0. The molecule has 0 aliphatic heterocycles. The molecule has 0 bridgehead atoms. The molecule has 0 fully saturated rings. The molecular weight excluding hydrogens is 232 g/mol. The zero-order valence-corrected chi connectivity index (χ0v) is 10.9. The van der Waals surface area contributed by atoms with Crippen LogP contribution in [-0.2, 0) is 9.47 Å². The normalized spacial score (nSPS) is 11.7. The van der Waals surface area contributed by atoms with Gasteiger partial charge in [-0.3, -0.25) is 0 Å². The highest BCUT2D eigenvalue weighted by Crippen LogP contribution is 2.13. The second-order valence-electron chi connectivity index (χ2n) is 3.89. The van der Waals surface area contributed by atoms with Gasteiger partial charge in [-0.1, -0.05) is 19.1 Å². The van der Waals surface area contributed by atoms with Gasteiger partial charge < -0.3 is 9.47 Å². The summed E-state index contributed by atoms with van der Waals surface area (Å²) in [6.45, 7) is 5.73. The van der Waals surface area contributed by atoms with Crippen LogP contribution >= 0.6 is 0 Å². The van der Waals surface area contributed by atoms with Crippen LogP contribution in [0.2, 0.25) is 0 Å². The van der Waals surface area contributed by atoms with Crippen LogP contribution in [-0.4, -0.2) is 24.6 Å². The van der Waals surface area contributed by atoms with Crippen molar-refractivity contribution in [2.45, 2.75) is 33.3 Å². The van der Waals surface area contributed by atoms with Crippen molar-refractivity contribution in [1.29, 1.82) is 0 Å². The Labute approximate surface area is 107 Å². The SMILES string of the molecule is CCOC(=O)c1ccccc1C(=O)OC(C)CC. The average molecular weight is 250 g/mol. The van der Waals surface area contributed by atoms with Gasteiger partial charge in [0.05, 0.1) is 23.8 Å². The van der Waals surface area contributed by atoms with Gasteiger partial charge in [-0.25, -0.2) is 9.59 Å². The molecule has 0 heterocycles. The van der Waals surface area contributed by atoms with Crippen molar-refractivity contribution >= 4 is 11.9 Å². The Balaban J connectivity index is 2.94. The van der Waals surface area contributed by atoms with E-state index in [4.69, 9.17) is 9.47 Å². The summed E-state index contributed by atoms with van der Waals surface area (Å²) in [5, 5.41) is 0. The van der Waals surface area contributed by atoms with Gasteiger partial charge >= 0.3 is 11.9 Å². The fourth-order valence-electron chi connectivity index (χ4n) is 1.38. The van der Waals surface area contributed by atoms with Crippen LogP contribution in [0.25, 0.3) is 0 Å². The van der Waals surface area contributed by atoms with Gasteiger partial charge in [-0.15, -0.1) is 0 Å². The van der Waals surface area contributed by atoms with Crippen molar-refractivity contribution in [1.82, 2.24) is 0 Å². The minimum atomic E-state index is -0.505. The lowest BCUT2D eigenvalue weighted by molar-refractivity contribution is 0.0323. The standard InChI is InChI=1S/C14H18O4/c1-4-10(3)18-14(16)12-9-7-6-8-11(12)13(15)17-5-2/h6-10H,4-5H2,1-3H3. The number of carbonyl (C=O) groups excluding carboxylic acids is 2. The molecule has 0 aliphatic rings. The van der Waals surface area contributed by atoms with E-state index in [1.165, 1.54) is 0 Å². The molecule has 4 heteroatoms. The minimum absolute atomic E-state index is 0.173. The highest BCUT2D eigenvalue weighted by atomic mass is 16.5. The average Bonchev–Trinajstić information content (AvgIpc) is 2.38. The third-order valence-corrected chi connectivity index (χ3v) is 2.53. The molecule has 98 valence electrons. The van der Waals surface area contributed by atoms with Gasteiger partial charge in [0.2, 0.25) is 0 Å². The molecule has 1 rings (SSSR count). The van der Waals surface area contributed by atoms with Gasteiger partial charge in [0, 0.05) is 0 Å². The second kappa shape index (κ2) is 6.79. The van der Waals surface area contributed by atoms with Crippen molar-refractivity contribution < 1.29 is 19.1 Å². The molecule has 0 spiro atoms. The van der Waals surface area contributed by atoms with Gasteiger partial charge in [0.25, 0.3) is 0 Å². The van der Waals surface area contributed by atoms with Gasteiger partial charge in [-0.05, 0) is 32.4 Å². The number of benzene rings is 1. The van der Waals surface area contributed by atoms with Crippen LogP contribution in [0.1, 0.15) is 47.9 Å². The maximum atomic E-state index is 11.9. The quantitative estimate of drug-likeness (QED) is 0.754. The van der Waals surface area contributed by atoms with Crippen LogP contribution in [0.4, 0.5) is 0 Å². The first kappa shape index (κ1) is 14.2. The Morgan fingerprint density at radius 3 is 2.17 bits per heavy atom. The molecule has 0 aromatic heterocycles. The molecule has 1 aromatic carbocycles. The van der Waals surface area contributed by atoms with E-state index in [0.717, 1.165) is 6.42 Å². The summed E-state index contributed by atoms with van der Waals surface area (Å²) in [6, 6.07) is 6.50. The maximum absolute atomic E-state index is 11.9. The van der Waals surface area contributed by atoms with Crippen molar-refractivity contribution in [2.75, 3.05) is 6.61 Å². The van der Waals surface area contributed by atoms with E-state index < -0.39 is 11.9 Å². The smallest absolute Gasteiger partial charge is 0.339 e. The largest absolute Gasteiger partial charge is 0.462 e. The molecule has 0 aliphatic carbocycles. The topological polar surface area (TPSA) is 52.6 Å². The van der Waals surface area contributed by atoms with E-state index in [0.29, 0.717) is 0 Å². The molecule has 0 saturated carbocycles. The van der Waals surface area contributed by atoms with E-state index >= 15 is 0 Å². The van der Waals surface area contributed by atoms with Crippen molar-refractivity contribution in [2.24, 2.45) is 0 Å². The molecule has 0 N–H and O–H groups in total. The van der Waals surface area contributed by atoms with Crippen LogP contribution in [0, 0.1) is 0 Å². The molecule has 0 saturated heterocycles. The first-order chi connectivity index (χ1) is 8.60. The lowest BCUT2D eigenvalue weighted by atomic mass is 10.1. The fourth-order valence-corrected chi connectivity index (χ4v) is 1.38. The van der Waals surface area contributed by atoms with Crippen LogP contribution in [0.3, 0.4) is 0 Å². The molecular formula is C14H18O4. The molecule has 1 aromatic rings. The molecule has 1 unspecified atom stereocenters. The Morgan fingerprint density at radius 2 is 1.67 bits per heavy atom. The lowest BCUT2D eigenvalue weighted by Crippen LogP contribution is -2.18. The summed E-state index contributed by atoms with van der Waals surface area (Å²) in [6.07, 6.45) is 0.556. The summed E-state index contributed by atoms with van der Waals surface area (Å²) in [4.78, 5) is 23.6. The number of rotatable bonds is 5. The van der Waals surface area contributed by atoms with Gasteiger partial charge in [0.1, 0.15) is 0 Å². The summed E-state index contributed by atoms with van der Waals surface area (Å²) in [5.41, 5.74) is 0.490. The van der Waals surface area contributed by atoms with Gasteiger partial charge in [-0.2, -0.15) is 0 Å². The predicted octanol–water partition coefficient (Wildman–Crippen LogP) is 2.82. The summed E-state index contributed by atoms with van der Waals surface area (Å²) < 4.78 is 10.1. The molecule has 0 amide bonds. The maximum Gasteiger partial charge on any atom is 0.339 e. The van der Waals surface area contributed by atoms with E-state index in [2.05, 4.69) is 0 Å². The summed E-state index contributed by atoms with van der Waals surface area (Å²) in [5.74, 6) is -0.998. The first-order valence-corrected chi connectivity index (χ1v) is 6.07. The number of hydrogen-bond donors (Lipinski definition) is 0. The predicted molar refractivity (Wildman–Crippen MR) is 67.6 cm³/mol. The van der Waals surface area contributed by atoms with Crippen LogP contribution in [0.5, 0.6) is 0 Å². The monoisotopic (exact) mass is 250 g/mol. The Morgan fingerprint density at radius 1 is 1.11 bits per heavy atom. The zero-order valence-electron chi connectivity index (χ0n) is 10.9. The van der Waals surface area contributed by atoms with Crippen molar-refractivity contribution in [3.05, 3.63) is 35.4 Å². The van der Waals surface area contributed by atoms with E-state index in [1.807, 2.05) is 13.8 Å². The lowest BCUT2D eigenvalue weighted by Gasteiger charge is -2.12. The van der Waals surface area contributed by atoms with E-state index in [-0.39, 0.29) is 23.8 Å². The highest BCUT2D eigenvalue weighted by molar-refractivity contribution is 6.03. The van der Waals surface area contributed by atoms with E-state index in [1.54, 1.807) is 31.2 Å². The Kier molecular flexibility index (Phi) is 5.36. The fraction of sp³-hybridized carbons (Fsp3) is 0.429. The number of esters is 2. The van der Waals surface area contributed by atoms with Crippen LogP contribution in [0.15, 0.2) is 24.3 Å². The van der Waals surface area contributed by atoms with E-state index in [9.17, 15) is 9.59 Å². The third-order valence-electron chi connectivity index (χ3n) is 2.53. The molecule has 4 nitrogen and oxygen atoms in total. The Hall–Kier alpha value is -1.84. The molecule has 1 atom stereocenters. The van der Waals surface area contributed by atoms with Crippen molar-refractivity contribution in [3.63, 3.8) is 0 Å². The van der Waals surface area contributed by atoms with Crippen LogP contribution < -0.4 is 0 Å².